The molecule has 29 heavy (non-hydrogen) atoms. The highest BCUT2D eigenvalue weighted by Gasteiger charge is 2.47. The number of hydrogen-bond donors (Lipinski definition) is 1. The predicted molar refractivity (Wildman–Crippen MR) is 112 cm³/mol. The number of ketones is 1. The van der Waals surface area contributed by atoms with Gasteiger partial charge < -0.3 is 10.1 Å². The van der Waals surface area contributed by atoms with Gasteiger partial charge in [-0.1, -0.05) is 66.7 Å². The van der Waals surface area contributed by atoms with Gasteiger partial charge in [0.2, 0.25) is 0 Å². The highest BCUT2D eigenvalue weighted by molar-refractivity contribution is 6.03. The number of carbonyl (C=O) groups excluding carboxylic acids is 2. The zero-order valence-electron chi connectivity index (χ0n) is 17.0. The molecular formula is C24H26N2O3. The van der Waals surface area contributed by atoms with Crippen molar-refractivity contribution in [3.63, 3.8) is 0 Å². The second kappa shape index (κ2) is 9.20. The fraction of sp³-hybridized carbons (Fsp3) is 0.292. The number of alkyl carbamates (subject to hydrolysis) is 1. The lowest BCUT2D eigenvalue weighted by atomic mass is 9.70. The van der Waals surface area contributed by atoms with E-state index >= 15 is 0 Å². The highest BCUT2D eigenvalue weighted by atomic mass is 16.6. The van der Waals surface area contributed by atoms with Crippen LogP contribution >= 0.6 is 0 Å². The Kier molecular flexibility index (Phi) is 6.95. The predicted octanol–water partition coefficient (Wildman–Crippen LogP) is 5.22. The molecule has 2 rings (SSSR count). The van der Waals surface area contributed by atoms with Crippen LogP contribution in [-0.4, -0.2) is 17.5 Å². The molecule has 0 aliphatic carbocycles. The van der Waals surface area contributed by atoms with Crippen LogP contribution < -0.4 is 5.32 Å². The van der Waals surface area contributed by atoms with Crippen molar-refractivity contribution in [1.29, 1.82) is 5.26 Å². The molecule has 0 aliphatic rings. The number of ether oxygens (including phenoxy) is 1. The van der Waals surface area contributed by atoms with Crippen molar-refractivity contribution in [3.8, 4) is 6.07 Å². The average Bonchev–Trinajstić information content (AvgIpc) is 2.70. The minimum atomic E-state index is -1.58. The maximum Gasteiger partial charge on any atom is 0.408 e. The van der Waals surface area contributed by atoms with Gasteiger partial charge in [0.05, 0.1) is 12.1 Å². The van der Waals surface area contributed by atoms with E-state index in [0.717, 1.165) is 0 Å². The Morgan fingerprint density at radius 2 is 1.66 bits per heavy atom. The molecule has 0 bridgehead atoms. The van der Waals surface area contributed by atoms with Crippen molar-refractivity contribution in [2.75, 3.05) is 0 Å². The third-order valence-corrected chi connectivity index (χ3v) is 4.39. The van der Waals surface area contributed by atoms with Crippen LogP contribution in [0, 0.1) is 16.7 Å². The van der Waals surface area contributed by atoms with Gasteiger partial charge in [-0.3, -0.25) is 4.79 Å². The molecule has 0 radical (unpaired) electrons. The van der Waals surface area contributed by atoms with Gasteiger partial charge in [0, 0.05) is 5.56 Å². The van der Waals surface area contributed by atoms with Crippen LogP contribution in [-0.2, 0) is 4.74 Å². The van der Waals surface area contributed by atoms with Crippen LogP contribution in [0.1, 0.15) is 49.2 Å². The van der Waals surface area contributed by atoms with Gasteiger partial charge in [0.25, 0.3) is 0 Å². The number of nitriles is 1. The minimum absolute atomic E-state index is 0.0621. The van der Waals surface area contributed by atoms with Crippen molar-refractivity contribution in [2.24, 2.45) is 5.41 Å². The number of benzene rings is 2. The van der Waals surface area contributed by atoms with E-state index in [1.165, 1.54) is 6.08 Å². The summed E-state index contributed by atoms with van der Waals surface area (Å²) < 4.78 is 5.40. The normalized spacial score (nSPS) is 14.0. The first-order valence-corrected chi connectivity index (χ1v) is 9.40. The van der Waals surface area contributed by atoms with Crippen LogP contribution in [0.2, 0.25) is 0 Å². The number of Topliss-reactive ketones (excluding diaryl/α,β-unsaturated/α-hetero) is 1. The Morgan fingerprint density at radius 1 is 1.10 bits per heavy atom. The Hall–Kier alpha value is -3.39. The van der Waals surface area contributed by atoms with E-state index in [2.05, 4.69) is 18.0 Å². The van der Waals surface area contributed by atoms with E-state index in [9.17, 15) is 14.9 Å². The quantitative estimate of drug-likeness (QED) is 0.519. The van der Waals surface area contributed by atoms with E-state index in [1.54, 1.807) is 75.4 Å². The Labute approximate surface area is 172 Å². The number of amides is 1. The largest absolute Gasteiger partial charge is 0.444 e. The van der Waals surface area contributed by atoms with Crippen molar-refractivity contribution >= 4 is 11.9 Å². The number of nitrogens with zero attached hydrogens (tertiary/aromatic N) is 1. The summed E-state index contributed by atoms with van der Waals surface area (Å²) in [6.07, 6.45) is 0.888. The first kappa shape index (κ1) is 21.9. The summed E-state index contributed by atoms with van der Waals surface area (Å²) in [6.45, 7) is 8.99. The van der Waals surface area contributed by atoms with Gasteiger partial charge in [-0.25, -0.2) is 4.79 Å². The maximum atomic E-state index is 13.5. The summed E-state index contributed by atoms with van der Waals surface area (Å²) in [5.41, 5.74) is -1.28. The van der Waals surface area contributed by atoms with Crippen molar-refractivity contribution in [2.45, 2.75) is 38.8 Å². The summed E-state index contributed by atoms with van der Waals surface area (Å²) in [6, 6.07) is 18.8. The first-order chi connectivity index (χ1) is 13.7. The second-order valence-corrected chi connectivity index (χ2v) is 7.76. The molecule has 0 aliphatic heterocycles. The summed E-state index contributed by atoms with van der Waals surface area (Å²) in [7, 11) is 0. The number of carbonyl (C=O) groups is 2. The zero-order chi connectivity index (χ0) is 21.5. The number of rotatable bonds is 7. The molecule has 1 amide bonds. The van der Waals surface area contributed by atoms with Crippen LogP contribution in [0.4, 0.5) is 4.79 Å². The third kappa shape index (κ3) is 5.32. The summed E-state index contributed by atoms with van der Waals surface area (Å²) in [5, 5.41) is 13.0. The van der Waals surface area contributed by atoms with Gasteiger partial charge in [-0.05, 0) is 32.8 Å². The molecule has 0 heterocycles. The van der Waals surface area contributed by atoms with E-state index < -0.39 is 23.2 Å². The molecule has 0 fully saturated rings. The molecule has 2 aromatic carbocycles. The van der Waals surface area contributed by atoms with Crippen LogP contribution in [0.3, 0.4) is 0 Å². The highest BCUT2D eigenvalue weighted by Crippen LogP contribution is 2.40. The number of hydrogen-bond acceptors (Lipinski definition) is 4. The number of allylic oxidation sites excluding steroid dienone is 1. The second-order valence-electron chi connectivity index (χ2n) is 7.76. The molecule has 5 nitrogen and oxygen atoms in total. The van der Waals surface area contributed by atoms with E-state index in [0.29, 0.717) is 11.1 Å². The van der Waals surface area contributed by atoms with Crippen LogP contribution in [0.5, 0.6) is 0 Å². The lowest BCUT2D eigenvalue weighted by Crippen LogP contribution is -2.46. The van der Waals surface area contributed by atoms with Crippen LogP contribution in [0.15, 0.2) is 73.3 Å². The maximum absolute atomic E-state index is 13.5. The Morgan fingerprint density at radius 3 is 2.14 bits per heavy atom. The first-order valence-electron chi connectivity index (χ1n) is 9.40. The van der Waals surface area contributed by atoms with Gasteiger partial charge in [0.15, 0.2) is 5.78 Å². The summed E-state index contributed by atoms with van der Waals surface area (Å²) in [4.78, 5) is 26.1. The molecule has 2 atom stereocenters. The van der Waals surface area contributed by atoms with Crippen molar-refractivity contribution in [3.05, 3.63) is 84.4 Å². The minimum Gasteiger partial charge on any atom is -0.444 e. The Bertz CT molecular complexity index is 895. The topological polar surface area (TPSA) is 79.2 Å². The molecule has 150 valence electrons. The fourth-order valence-corrected chi connectivity index (χ4v) is 3.14. The average molecular weight is 390 g/mol. The molecule has 2 aromatic rings. The molecule has 1 N–H and O–H groups in total. The van der Waals surface area contributed by atoms with Crippen molar-refractivity contribution < 1.29 is 14.3 Å². The number of nitrogens with one attached hydrogen (secondary N) is 1. The third-order valence-electron chi connectivity index (χ3n) is 4.39. The molecule has 0 aromatic heterocycles. The van der Waals surface area contributed by atoms with Gasteiger partial charge in [0.1, 0.15) is 11.0 Å². The smallest absolute Gasteiger partial charge is 0.408 e. The molecule has 0 saturated heterocycles. The summed E-state index contributed by atoms with van der Waals surface area (Å²) in [5.74, 6) is -0.384. The summed E-state index contributed by atoms with van der Waals surface area (Å²) >= 11 is 0. The molecule has 0 spiro atoms. The lowest BCUT2D eigenvalue weighted by molar-refractivity contribution is 0.0459. The molecule has 0 saturated carbocycles. The molecule has 0 unspecified atom stereocenters. The fourth-order valence-electron chi connectivity index (χ4n) is 3.14. The van der Waals surface area contributed by atoms with Gasteiger partial charge in [-0.2, -0.15) is 5.26 Å². The Balaban J connectivity index is 2.58. The van der Waals surface area contributed by atoms with Gasteiger partial charge >= 0.3 is 6.09 Å². The van der Waals surface area contributed by atoms with E-state index in [4.69, 9.17) is 4.74 Å². The zero-order valence-corrected chi connectivity index (χ0v) is 17.0. The monoisotopic (exact) mass is 390 g/mol. The van der Waals surface area contributed by atoms with Crippen molar-refractivity contribution in [1.82, 2.24) is 5.32 Å². The standard InChI is InChI=1S/C24H26N2O3/c1-5-16-24(17-25,21(27)19-14-10-7-11-15-19)20(18-12-8-6-9-13-18)26-22(28)29-23(2,3)4/h5-15,20H,1,16H2,2-4H3,(H,26,28)/t20-,24+/m0/s1. The SMILES string of the molecule is C=CC[C@](C#N)(C(=O)c1ccccc1)[C@@H](NC(=O)OC(C)(C)C)c1ccccc1. The van der Waals surface area contributed by atoms with E-state index in [1.807, 2.05) is 6.07 Å². The lowest BCUT2D eigenvalue weighted by Gasteiger charge is -2.34. The van der Waals surface area contributed by atoms with E-state index in [-0.39, 0.29) is 12.2 Å². The molecule has 5 heteroatoms. The molecular weight excluding hydrogens is 364 g/mol. The van der Waals surface area contributed by atoms with Crippen LogP contribution in [0.25, 0.3) is 0 Å². The van der Waals surface area contributed by atoms with Gasteiger partial charge in [-0.15, -0.1) is 6.58 Å².